The molecule has 122 valence electrons. The number of hydrogen-bond donors (Lipinski definition) is 1. The molecule has 4 heteroatoms. The molecule has 1 saturated carbocycles. The summed E-state index contributed by atoms with van der Waals surface area (Å²) in [6.07, 6.45) is 11.1. The number of rotatable bonds is 5. The lowest BCUT2D eigenvalue weighted by Crippen LogP contribution is -2.58. The maximum atomic E-state index is 12.3. The summed E-state index contributed by atoms with van der Waals surface area (Å²) in [5.41, 5.74) is 0.240. The van der Waals surface area contributed by atoms with Gasteiger partial charge in [0.05, 0.1) is 6.42 Å². The minimum Gasteiger partial charge on any atom is -0.354 e. The summed E-state index contributed by atoms with van der Waals surface area (Å²) in [7, 11) is 0. The monoisotopic (exact) mass is 320 g/mol. The smallest absolute Gasteiger partial charge is 0.225 e. The van der Waals surface area contributed by atoms with E-state index in [9.17, 15) is 4.79 Å². The number of nitrogens with one attached hydrogen (secondary N) is 1. The Kier molecular flexibility index (Phi) is 5.53. The lowest BCUT2D eigenvalue weighted by Gasteiger charge is -2.48. The molecule has 2 fully saturated rings. The molecule has 0 unspecified atom stereocenters. The topological polar surface area (TPSA) is 32.3 Å². The SMILES string of the molecule is O=C(Cc1cccs1)NCC1(N2CCCCC2)CCCCC1. The highest BCUT2D eigenvalue weighted by Gasteiger charge is 2.38. The van der Waals surface area contributed by atoms with Crippen molar-refractivity contribution >= 4 is 17.2 Å². The molecule has 1 aromatic rings. The van der Waals surface area contributed by atoms with Crippen LogP contribution in [0.25, 0.3) is 0 Å². The lowest BCUT2D eigenvalue weighted by atomic mass is 9.79. The van der Waals surface area contributed by atoms with E-state index in [1.165, 1.54) is 64.5 Å². The fourth-order valence-corrected chi connectivity index (χ4v) is 4.78. The van der Waals surface area contributed by atoms with Gasteiger partial charge in [0.15, 0.2) is 0 Å². The standard InChI is InChI=1S/C18H28N2OS/c21-17(14-16-8-7-13-22-16)19-15-18(9-3-1-4-10-18)20-11-5-2-6-12-20/h7-8,13H,1-6,9-12,14-15H2,(H,19,21). The van der Waals surface area contributed by atoms with Gasteiger partial charge in [0, 0.05) is 17.0 Å². The van der Waals surface area contributed by atoms with Crippen molar-refractivity contribution in [2.45, 2.75) is 63.3 Å². The van der Waals surface area contributed by atoms with Crippen LogP contribution in [0.5, 0.6) is 0 Å². The van der Waals surface area contributed by atoms with Gasteiger partial charge in [-0.3, -0.25) is 9.69 Å². The Labute approximate surface area is 138 Å². The zero-order chi connectivity index (χ0) is 15.3. The highest BCUT2D eigenvalue weighted by Crippen LogP contribution is 2.35. The van der Waals surface area contributed by atoms with Crippen molar-refractivity contribution < 1.29 is 4.79 Å². The van der Waals surface area contributed by atoms with Gasteiger partial charge in [-0.1, -0.05) is 31.7 Å². The molecule has 0 spiro atoms. The molecule has 3 rings (SSSR count). The molecule has 0 bridgehead atoms. The molecular weight excluding hydrogens is 292 g/mol. The molecule has 0 aromatic carbocycles. The van der Waals surface area contributed by atoms with Crippen LogP contribution in [0.3, 0.4) is 0 Å². The summed E-state index contributed by atoms with van der Waals surface area (Å²) >= 11 is 1.67. The summed E-state index contributed by atoms with van der Waals surface area (Å²) < 4.78 is 0. The van der Waals surface area contributed by atoms with Crippen LogP contribution in [0.15, 0.2) is 17.5 Å². The summed E-state index contributed by atoms with van der Waals surface area (Å²) in [5.74, 6) is 0.185. The van der Waals surface area contributed by atoms with Crippen LogP contribution >= 0.6 is 11.3 Å². The lowest BCUT2D eigenvalue weighted by molar-refractivity contribution is -0.121. The molecule has 1 amide bonds. The summed E-state index contributed by atoms with van der Waals surface area (Å²) in [4.78, 5) is 16.1. The predicted molar refractivity (Wildman–Crippen MR) is 92.3 cm³/mol. The van der Waals surface area contributed by atoms with Gasteiger partial charge < -0.3 is 5.32 Å². The van der Waals surface area contributed by atoms with Crippen LogP contribution in [0.1, 0.15) is 56.2 Å². The van der Waals surface area contributed by atoms with E-state index in [2.05, 4.69) is 10.2 Å². The van der Waals surface area contributed by atoms with Crippen molar-refractivity contribution in [1.29, 1.82) is 0 Å². The Morgan fingerprint density at radius 3 is 2.55 bits per heavy atom. The first-order valence-corrected chi connectivity index (χ1v) is 9.71. The van der Waals surface area contributed by atoms with E-state index in [1.807, 2.05) is 17.5 Å². The molecule has 1 aliphatic heterocycles. The van der Waals surface area contributed by atoms with E-state index in [4.69, 9.17) is 0 Å². The van der Waals surface area contributed by atoms with Crippen molar-refractivity contribution in [3.05, 3.63) is 22.4 Å². The predicted octanol–water partition coefficient (Wildman–Crippen LogP) is 3.60. The Balaban J connectivity index is 1.58. The van der Waals surface area contributed by atoms with E-state index >= 15 is 0 Å². The molecular formula is C18H28N2OS. The maximum absolute atomic E-state index is 12.3. The van der Waals surface area contributed by atoms with Gasteiger partial charge in [-0.15, -0.1) is 11.3 Å². The fourth-order valence-electron chi connectivity index (χ4n) is 4.08. The number of nitrogens with zero attached hydrogens (tertiary/aromatic N) is 1. The van der Waals surface area contributed by atoms with Crippen molar-refractivity contribution in [3.8, 4) is 0 Å². The molecule has 2 heterocycles. The molecule has 1 N–H and O–H groups in total. The highest BCUT2D eigenvalue weighted by molar-refractivity contribution is 7.10. The average Bonchev–Trinajstić information content (AvgIpc) is 3.08. The zero-order valence-electron chi connectivity index (χ0n) is 13.5. The van der Waals surface area contributed by atoms with E-state index in [0.717, 1.165) is 11.4 Å². The van der Waals surface area contributed by atoms with Crippen molar-refractivity contribution in [2.75, 3.05) is 19.6 Å². The molecule has 3 nitrogen and oxygen atoms in total. The third kappa shape index (κ3) is 3.90. The highest BCUT2D eigenvalue weighted by atomic mass is 32.1. The molecule has 1 saturated heterocycles. The molecule has 22 heavy (non-hydrogen) atoms. The second kappa shape index (κ2) is 7.60. The molecule has 1 aromatic heterocycles. The fraction of sp³-hybridized carbons (Fsp3) is 0.722. The van der Waals surface area contributed by atoms with Crippen LogP contribution in [0, 0.1) is 0 Å². The number of likely N-dealkylation sites (tertiary alicyclic amines) is 1. The Bertz CT molecular complexity index is 459. The minimum absolute atomic E-state index is 0.185. The first-order chi connectivity index (χ1) is 10.8. The number of amides is 1. The second-order valence-corrected chi connectivity index (χ2v) is 7.90. The summed E-state index contributed by atoms with van der Waals surface area (Å²) in [6, 6.07) is 4.06. The quantitative estimate of drug-likeness (QED) is 0.899. The largest absolute Gasteiger partial charge is 0.354 e. The van der Waals surface area contributed by atoms with Crippen molar-refractivity contribution in [3.63, 3.8) is 0 Å². The molecule has 1 aliphatic carbocycles. The third-order valence-corrected chi connectivity index (χ3v) is 6.22. The van der Waals surface area contributed by atoms with E-state index in [1.54, 1.807) is 11.3 Å². The number of piperidine rings is 1. The molecule has 2 aliphatic rings. The van der Waals surface area contributed by atoms with Gasteiger partial charge in [-0.25, -0.2) is 0 Å². The Hall–Kier alpha value is -0.870. The maximum Gasteiger partial charge on any atom is 0.225 e. The average molecular weight is 321 g/mol. The van der Waals surface area contributed by atoms with Gasteiger partial charge in [0.1, 0.15) is 0 Å². The number of thiophene rings is 1. The number of carbonyl (C=O) groups is 1. The van der Waals surface area contributed by atoms with E-state index in [-0.39, 0.29) is 11.4 Å². The van der Waals surface area contributed by atoms with Crippen molar-refractivity contribution in [1.82, 2.24) is 10.2 Å². The molecule has 0 radical (unpaired) electrons. The van der Waals surface area contributed by atoms with Crippen LogP contribution in [0.4, 0.5) is 0 Å². The zero-order valence-corrected chi connectivity index (χ0v) is 14.3. The normalized spacial score (nSPS) is 22.4. The van der Waals surface area contributed by atoms with E-state index in [0.29, 0.717) is 6.42 Å². The first kappa shape index (κ1) is 16.0. The number of carbonyl (C=O) groups excluding carboxylic acids is 1. The van der Waals surface area contributed by atoms with Gasteiger partial charge in [-0.05, 0) is 50.2 Å². The van der Waals surface area contributed by atoms with Crippen LogP contribution in [-0.4, -0.2) is 36.0 Å². The van der Waals surface area contributed by atoms with Crippen LogP contribution in [0.2, 0.25) is 0 Å². The van der Waals surface area contributed by atoms with Crippen LogP contribution < -0.4 is 5.32 Å². The van der Waals surface area contributed by atoms with Crippen LogP contribution in [-0.2, 0) is 11.2 Å². The Morgan fingerprint density at radius 1 is 1.14 bits per heavy atom. The van der Waals surface area contributed by atoms with Gasteiger partial charge >= 0.3 is 0 Å². The van der Waals surface area contributed by atoms with E-state index < -0.39 is 0 Å². The third-order valence-electron chi connectivity index (χ3n) is 5.34. The summed E-state index contributed by atoms with van der Waals surface area (Å²) in [5, 5.41) is 5.30. The number of hydrogen-bond acceptors (Lipinski definition) is 3. The Morgan fingerprint density at radius 2 is 1.86 bits per heavy atom. The van der Waals surface area contributed by atoms with Gasteiger partial charge in [-0.2, -0.15) is 0 Å². The molecule has 0 atom stereocenters. The summed E-state index contributed by atoms with van der Waals surface area (Å²) in [6.45, 7) is 3.29. The second-order valence-electron chi connectivity index (χ2n) is 6.87. The van der Waals surface area contributed by atoms with Gasteiger partial charge in [0.25, 0.3) is 0 Å². The van der Waals surface area contributed by atoms with Gasteiger partial charge in [0.2, 0.25) is 5.91 Å². The minimum atomic E-state index is 0.185. The van der Waals surface area contributed by atoms with Crippen molar-refractivity contribution in [2.24, 2.45) is 0 Å². The first-order valence-electron chi connectivity index (χ1n) is 8.83.